The van der Waals surface area contributed by atoms with Crippen molar-refractivity contribution < 1.29 is 9.53 Å². The smallest absolute Gasteiger partial charge is 0.266 e. The third-order valence-corrected chi connectivity index (χ3v) is 6.26. The molecule has 3 aromatic rings. The van der Waals surface area contributed by atoms with Crippen molar-refractivity contribution in [2.45, 2.75) is 18.4 Å². The number of likely N-dealkylation sites (N-methyl/N-ethyl adjacent to an activating group) is 1. The first-order valence-corrected chi connectivity index (χ1v) is 10.5. The van der Waals surface area contributed by atoms with Crippen LogP contribution < -0.4 is 10.5 Å². The van der Waals surface area contributed by atoms with Crippen LogP contribution in [-0.2, 0) is 16.8 Å². The Hall–Kier alpha value is -3.38. The third-order valence-electron chi connectivity index (χ3n) is 5.93. The molecular weight excluding hydrogens is 412 g/mol. The lowest BCUT2D eigenvalue weighted by Crippen LogP contribution is -2.41. The van der Waals surface area contributed by atoms with E-state index in [0.717, 1.165) is 46.4 Å². The lowest BCUT2D eigenvalue weighted by molar-refractivity contribution is -0.129. The number of halogens is 1. The second-order valence-electron chi connectivity index (χ2n) is 7.76. The van der Waals surface area contributed by atoms with Crippen LogP contribution in [0.5, 0.6) is 5.75 Å². The summed E-state index contributed by atoms with van der Waals surface area (Å²) in [5, 5.41) is 0.588. The summed E-state index contributed by atoms with van der Waals surface area (Å²) in [5.41, 5.74) is 9.07. The number of aliphatic imine (C=N–C) groups is 1. The predicted molar refractivity (Wildman–Crippen MR) is 120 cm³/mol. The summed E-state index contributed by atoms with van der Waals surface area (Å²) >= 11 is 6.40. The SMILES string of the molecule is CN1C(=O)C(c2cccc(-c3cnccc3Cl)c2)(c2ccc3c(c2)CCCO3)N=C1N. The van der Waals surface area contributed by atoms with Crippen molar-refractivity contribution >= 4 is 23.5 Å². The Labute approximate surface area is 185 Å². The Morgan fingerprint density at radius 3 is 2.77 bits per heavy atom. The van der Waals surface area contributed by atoms with Gasteiger partial charge < -0.3 is 10.5 Å². The second-order valence-corrected chi connectivity index (χ2v) is 8.16. The first-order chi connectivity index (χ1) is 15.0. The first-order valence-electron chi connectivity index (χ1n) is 10.1. The molecule has 31 heavy (non-hydrogen) atoms. The fourth-order valence-electron chi connectivity index (χ4n) is 4.27. The summed E-state index contributed by atoms with van der Waals surface area (Å²) in [6.45, 7) is 0.707. The molecule has 0 bridgehead atoms. The average Bonchev–Trinajstić information content (AvgIpc) is 3.04. The van der Waals surface area contributed by atoms with Crippen molar-refractivity contribution in [3.63, 3.8) is 0 Å². The van der Waals surface area contributed by atoms with Gasteiger partial charge >= 0.3 is 0 Å². The second kappa shape index (κ2) is 7.39. The molecular formula is C24H21ClN4O2. The number of ether oxygens (including phenoxy) is 1. The molecule has 0 radical (unpaired) electrons. The number of pyridine rings is 1. The van der Waals surface area contributed by atoms with Gasteiger partial charge in [0.1, 0.15) is 5.75 Å². The number of benzene rings is 2. The number of hydrogen-bond donors (Lipinski definition) is 1. The zero-order valence-electron chi connectivity index (χ0n) is 17.0. The van der Waals surface area contributed by atoms with E-state index in [4.69, 9.17) is 27.1 Å². The van der Waals surface area contributed by atoms with Gasteiger partial charge in [0.15, 0.2) is 11.5 Å². The normalized spacial score (nSPS) is 20.3. The quantitative estimate of drug-likeness (QED) is 0.683. The van der Waals surface area contributed by atoms with Crippen LogP contribution in [0.4, 0.5) is 0 Å². The topological polar surface area (TPSA) is 80.8 Å². The van der Waals surface area contributed by atoms with E-state index in [1.54, 1.807) is 25.5 Å². The van der Waals surface area contributed by atoms with Crippen LogP contribution in [0.15, 0.2) is 65.9 Å². The molecule has 1 aromatic heterocycles. The number of guanidine groups is 1. The van der Waals surface area contributed by atoms with Gasteiger partial charge in [-0.05, 0) is 59.4 Å². The molecule has 5 rings (SSSR count). The largest absolute Gasteiger partial charge is 0.493 e. The maximum atomic E-state index is 13.6. The number of amides is 1. The highest BCUT2D eigenvalue weighted by Gasteiger charge is 2.49. The molecule has 7 heteroatoms. The molecule has 0 saturated carbocycles. The van der Waals surface area contributed by atoms with Crippen molar-refractivity contribution in [1.82, 2.24) is 9.88 Å². The molecule has 0 spiro atoms. The molecule has 6 nitrogen and oxygen atoms in total. The molecule has 1 unspecified atom stereocenters. The van der Waals surface area contributed by atoms with Gasteiger partial charge in [-0.25, -0.2) is 4.99 Å². The highest BCUT2D eigenvalue weighted by Crippen LogP contribution is 2.42. The number of carbonyl (C=O) groups is 1. The van der Waals surface area contributed by atoms with E-state index in [1.807, 2.05) is 42.5 Å². The Kier molecular flexibility index (Phi) is 4.67. The van der Waals surface area contributed by atoms with Crippen LogP contribution in [-0.4, -0.2) is 35.4 Å². The fourth-order valence-corrected chi connectivity index (χ4v) is 4.49. The summed E-state index contributed by atoms with van der Waals surface area (Å²) in [7, 11) is 1.65. The van der Waals surface area contributed by atoms with Crippen LogP contribution in [0.3, 0.4) is 0 Å². The van der Waals surface area contributed by atoms with E-state index in [1.165, 1.54) is 4.90 Å². The predicted octanol–water partition coefficient (Wildman–Crippen LogP) is 3.76. The van der Waals surface area contributed by atoms with Crippen LogP contribution >= 0.6 is 11.6 Å². The lowest BCUT2D eigenvalue weighted by atomic mass is 9.80. The molecule has 0 fully saturated rings. The number of fused-ring (bicyclic) bond motifs is 1. The minimum atomic E-state index is -1.27. The number of carbonyl (C=O) groups excluding carboxylic acids is 1. The van der Waals surface area contributed by atoms with Gasteiger partial charge in [0.25, 0.3) is 5.91 Å². The van der Waals surface area contributed by atoms with Gasteiger partial charge in [0.2, 0.25) is 0 Å². The van der Waals surface area contributed by atoms with E-state index in [2.05, 4.69) is 4.98 Å². The average molecular weight is 433 g/mol. The zero-order chi connectivity index (χ0) is 21.6. The van der Waals surface area contributed by atoms with E-state index in [9.17, 15) is 4.79 Å². The summed E-state index contributed by atoms with van der Waals surface area (Å²) in [5.74, 6) is 0.844. The first kappa shape index (κ1) is 19.6. The van der Waals surface area contributed by atoms with E-state index in [-0.39, 0.29) is 11.9 Å². The number of aryl methyl sites for hydroxylation is 1. The number of aromatic nitrogens is 1. The van der Waals surface area contributed by atoms with Gasteiger partial charge in [-0.3, -0.25) is 14.7 Å². The van der Waals surface area contributed by atoms with Crippen molar-refractivity contribution in [3.8, 4) is 16.9 Å². The van der Waals surface area contributed by atoms with Gasteiger partial charge in [0, 0.05) is 25.0 Å². The Bertz CT molecular complexity index is 1230. The molecule has 1 amide bonds. The van der Waals surface area contributed by atoms with E-state index < -0.39 is 5.54 Å². The van der Waals surface area contributed by atoms with Gasteiger partial charge in [-0.2, -0.15) is 0 Å². The number of hydrogen-bond acceptors (Lipinski definition) is 5. The Morgan fingerprint density at radius 1 is 1.16 bits per heavy atom. The molecule has 2 aromatic carbocycles. The van der Waals surface area contributed by atoms with Gasteiger partial charge in [-0.1, -0.05) is 35.9 Å². The molecule has 156 valence electrons. The highest BCUT2D eigenvalue weighted by atomic mass is 35.5. The Morgan fingerprint density at radius 2 is 2.00 bits per heavy atom. The molecule has 2 N–H and O–H groups in total. The maximum Gasteiger partial charge on any atom is 0.266 e. The molecule has 2 aliphatic rings. The molecule has 1 atom stereocenters. The fraction of sp³-hybridized carbons (Fsp3) is 0.208. The zero-order valence-corrected chi connectivity index (χ0v) is 17.8. The number of nitrogens with zero attached hydrogens (tertiary/aromatic N) is 3. The minimum Gasteiger partial charge on any atom is -0.493 e. The minimum absolute atomic E-state index is 0.184. The van der Waals surface area contributed by atoms with Crippen molar-refractivity contribution in [2.75, 3.05) is 13.7 Å². The van der Waals surface area contributed by atoms with Crippen LogP contribution in [0.2, 0.25) is 5.02 Å². The van der Waals surface area contributed by atoms with Crippen molar-refractivity contribution in [3.05, 3.63) is 82.6 Å². The van der Waals surface area contributed by atoms with Gasteiger partial charge in [0.05, 0.1) is 11.6 Å². The number of rotatable bonds is 3. The third kappa shape index (κ3) is 3.06. The monoisotopic (exact) mass is 432 g/mol. The molecule has 3 heterocycles. The van der Waals surface area contributed by atoms with E-state index in [0.29, 0.717) is 11.6 Å². The maximum absolute atomic E-state index is 13.6. The summed E-state index contributed by atoms with van der Waals surface area (Å²) in [4.78, 5) is 23.9. The van der Waals surface area contributed by atoms with Crippen LogP contribution in [0.25, 0.3) is 11.1 Å². The van der Waals surface area contributed by atoms with Crippen LogP contribution in [0, 0.1) is 0 Å². The lowest BCUT2D eigenvalue weighted by Gasteiger charge is -2.28. The Balaban J connectivity index is 1.72. The molecule has 2 aliphatic heterocycles. The van der Waals surface area contributed by atoms with Crippen molar-refractivity contribution in [1.29, 1.82) is 0 Å². The van der Waals surface area contributed by atoms with Gasteiger partial charge in [-0.15, -0.1) is 0 Å². The summed E-state index contributed by atoms with van der Waals surface area (Å²) < 4.78 is 5.76. The molecule has 0 saturated heterocycles. The van der Waals surface area contributed by atoms with E-state index >= 15 is 0 Å². The number of nitrogens with two attached hydrogens (primary N) is 1. The van der Waals surface area contributed by atoms with Crippen molar-refractivity contribution in [2.24, 2.45) is 10.7 Å². The highest BCUT2D eigenvalue weighted by molar-refractivity contribution is 6.33. The van der Waals surface area contributed by atoms with Crippen LogP contribution in [0.1, 0.15) is 23.1 Å². The molecule has 0 aliphatic carbocycles. The standard InChI is InChI=1S/C24H21ClN4O2/c1-29-22(30)24(28-23(29)26,18-7-8-21-16(13-18)5-3-11-31-21)17-6-2-4-15(12-17)19-14-27-10-9-20(19)25/h2,4,6-10,12-14H,3,5,11H2,1H3,(H2,26,28). The summed E-state index contributed by atoms with van der Waals surface area (Å²) in [6.07, 6.45) is 5.20. The summed E-state index contributed by atoms with van der Waals surface area (Å²) in [6, 6.07) is 15.3.